The Balaban J connectivity index is 1.51. The van der Waals surface area contributed by atoms with Gasteiger partial charge in [-0.25, -0.2) is 0 Å². The summed E-state index contributed by atoms with van der Waals surface area (Å²) in [6.45, 7) is 4.38. The third-order valence-corrected chi connectivity index (χ3v) is 5.74. The summed E-state index contributed by atoms with van der Waals surface area (Å²) in [7, 11) is 0. The summed E-state index contributed by atoms with van der Waals surface area (Å²) in [6.07, 6.45) is 3.63. The van der Waals surface area contributed by atoms with Crippen LogP contribution in [0.5, 0.6) is 5.75 Å². The summed E-state index contributed by atoms with van der Waals surface area (Å²) in [6, 6.07) is 7.59. The lowest BCUT2D eigenvalue weighted by Gasteiger charge is -2.50. The second-order valence-corrected chi connectivity index (χ2v) is 7.46. The average Bonchev–Trinajstić information content (AvgIpc) is 3.09. The van der Waals surface area contributed by atoms with Gasteiger partial charge in [0.2, 0.25) is 5.91 Å². The molecule has 1 saturated carbocycles. The minimum absolute atomic E-state index is 0.0333. The number of rotatable bonds is 5. The summed E-state index contributed by atoms with van der Waals surface area (Å²) in [5.41, 5.74) is 3.56. The maximum Gasteiger partial charge on any atom is 0.268 e. The third kappa shape index (κ3) is 3.27. The van der Waals surface area contributed by atoms with Crippen LogP contribution in [0.3, 0.4) is 0 Å². The molecule has 4 rings (SSSR count). The number of benzene rings is 1. The van der Waals surface area contributed by atoms with Crippen molar-refractivity contribution in [1.29, 1.82) is 0 Å². The fourth-order valence-corrected chi connectivity index (χ4v) is 4.56. The Kier molecular flexibility index (Phi) is 5.11. The van der Waals surface area contributed by atoms with Crippen LogP contribution in [-0.2, 0) is 9.59 Å². The number of fused-ring (bicyclic) bond motifs is 3. The fraction of sp³-hybridized carbons (Fsp3) is 0.550. The number of piperazine rings is 1. The van der Waals surface area contributed by atoms with E-state index in [4.69, 9.17) is 4.74 Å². The van der Waals surface area contributed by atoms with E-state index in [-0.39, 0.29) is 30.4 Å². The Bertz CT molecular complexity index is 796. The SMILES string of the molecule is CCOc1ccccc1NC(=O)CN1C(=O)C2NN=C(C)N2C2CCCCC21. The number of hydrogen-bond acceptors (Lipinski definition) is 6. The number of carbonyl (C=O) groups is 2. The van der Waals surface area contributed by atoms with E-state index in [0.29, 0.717) is 18.0 Å². The van der Waals surface area contributed by atoms with E-state index in [1.165, 1.54) is 0 Å². The van der Waals surface area contributed by atoms with Crippen molar-refractivity contribution >= 4 is 23.3 Å². The quantitative estimate of drug-likeness (QED) is 0.806. The number of amidine groups is 1. The van der Waals surface area contributed by atoms with Crippen LogP contribution < -0.4 is 15.5 Å². The summed E-state index contributed by atoms with van der Waals surface area (Å²) in [5, 5.41) is 7.17. The molecule has 28 heavy (non-hydrogen) atoms. The van der Waals surface area contributed by atoms with Gasteiger partial charge in [0, 0.05) is 0 Å². The molecule has 1 aromatic carbocycles. The molecular formula is C20H27N5O3. The van der Waals surface area contributed by atoms with Crippen LogP contribution in [0.15, 0.2) is 29.4 Å². The van der Waals surface area contributed by atoms with Crippen molar-refractivity contribution in [2.24, 2.45) is 5.10 Å². The Morgan fingerprint density at radius 1 is 1.29 bits per heavy atom. The van der Waals surface area contributed by atoms with Crippen molar-refractivity contribution in [3.63, 3.8) is 0 Å². The van der Waals surface area contributed by atoms with Crippen molar-refractivity contribution in [1.82, 2.24) is 15.2 Å². The molecule has 2 N–H and O–H groups in total. The minimum Gasteiger partial charge on any atom is -0.492 e. The van der Waals surface area contributed by atoms with E-state index in [0.717, 1.165) is 31.5 Å². The number of hydrogen-bond donors (Lipinski definition) is 2. The van der Waals surface area contributed by atoms with E-state index < -0.39 is 6.17 Å². The lowest BCUT2D eigenvalue weighted by Crippen LogP contribution is -2.69. The van der Waals surface area contributed by atoms with Gasteiger partial charge in [0.1, 0.15) is 18.1 Å². The number of hydrazone groups is 1. The molecule has 3 atom stereocenters. The van der Waals surface area contributed by atoms with E-state index in [9.17, 15) is 9.59 Å². The molecule has 2 aliphatic heterocycles. The number of nitrogens with one attached hydrogen (secondary N) is 2. The zero-order valence-electron chi connectivity index (χ0n) is 16.4. The number of carbonyl (C=O) groups excluding carboxylic acids is 2. The topological polar surface area (TPSA) is 86.3 Å². The van der Waals surface area contributed by atoms with Crippen molar-refractivity contribution in [3.05, 3.63) is 24.3 Å². The van der Waals surface area contributed by atoms with Gasteiger partial charge in [-0.2, -0.15) is 5.10 Å². The van der Waals surface area contributed by atoms with Gasteiger partial charge in [-0.1, -0.05) is 25.0 Å². The molecule has 8 nitrogen and oxygen atoms in total. The van der Waals surface area contributed by atoms with Crippen molar-refractivity contribution < 1.29 is 14.3 Å². The first-order valence-electron chi connectivity index (χ1n) is 10.0. The molecule has 0 radical (unpaired) electrons. The molecular weight excluding hydrogens is 358 g/mol. The van der Waals surface area contributed by atoms with E-state index in [1.54, 1.807) is 4.90 Å². The Morgan fingerprint density at radius 3 is 2.82 bits per heavy atom. The predicted octanol–water partition coefficient (Wildman–Crippen LogP) is 1.74. The molecule has 2 fully saturated rings. The fourth-order valence-electron chi connectivity index (χ4n) is 4.56. The molecule has 2 amide bonds. The van der Waals surface area contributed by atoms with Gasteiger partial charge in [0.05, 0.1) is 24.4 Å². The molecule has 1 saturated heterocycles. The highest BCUT2D eigenvalue weighted by molar-refractivity contribution is 5.98. The standard InChI is InChI=1S/C20H27N5O3/c1-3-28-17-11-7-4-8-14(17)21-18(26)12-24-15-9-5-6-10-16(15)25-13(2)22-23-19(25)20(24)27/h4,7-8,11,15-16,19,23H,3,5-6,9-10,12H2,1-2H3,(H,21,26). The molecule has 0 aromatic heterocycles. The Morgan fingerprint density at radius 2 is 2.04 bits per heavy atom. The smallest absolute Gasteiger partial charge is 0.268 e. The van der Waals surface area contributed by atoms with Gasteiger partial charge in [-0.05, 0) is 38.8 Å². The molecule has 0 spiro atoms. The largest absolute Gasteiger partial charge is 0.492 e. The van der Waals surface area contributed by atoms with Crippen molar-refractivity contribution in [2.45, 2.75) is 57.8 Å². The summed E-state index contributed by atoms with van der Waals surface area (Å²) < 4.78 is 5.58. The van der Waals surface area contributed by atoms with Gasteiger partial charge in [0.25, 0.3) is 5.91 Å². The maximum atomic E-state index is 13.1. The van der Waals surface area contributed by atoms with Crippen LogP contribution in [0.25, 0.3) is 0 Å². The van der Waals surface area contributed by atoms with Gasteiger partial charge >= 0.3 is 0 Å². The summed E-state index contributed by atoms with van der Waals surface area (Å²) in [5.74, 6) is 1.18. The third-order valence-electron chi connectivity index (χ3n) is 5.74. The number of amides is 2. The van der Waals surface area contributed by atoms with E-state index in [1.807, 2.05) is 38.1 Å². The molecule has 3 unspecified atom stereocenters. The first-order valence-corrected chi connectivity index (χ1v) is 10.0. The van der Waals surface area contributed by atoms with Crippen LogP contribution in [0.2, 0.25) is 0 Å². The zero-order chi connectivity index (χ0) is 19.7. The predicted molar refractivity (Wildman–Crippen MR) is 106 cm³/mol. The Hall–Kier alpha value is -2.77. The van der Waals surface area contributed by atoms with Crippen LogP contribution in [0.4, 0.5) is 5.69 Å². The number of ether oxygens (including phenoxy) is 1. The highest BCUT2D eigenvalue weighted by Gasteiger charge is 2.50. The van der Waals surface area contributed by atoms with Crippen LogP contribution in [0, 0.1) is 0 Å². The maximum absolute atomic E-state index is 13.1. The van der Waals surface area contributed by atoms with Crippen LogP contribution >= 0.6 is 0 Å². The first-order chi connectivity index (χ1) is 13.6. The normalized spacial score (nSPS) is 26.1. The second kappa shape index (κ2) is 7.69. The second-order valence-electron chi connectivity index (χ2n) is 7.46. The van der Waals surface area contributed by atoms with Crippen molar-refractivity contribution in [2.75, 3.05) is 18.5 Å². The van der Waals surface area contributed by atoms with Gasteiger partial charge in [0.15, 0.2) is 6.17 Å². The lowest BCUT2D eigenvalue weighted by molar-refractivity contribution is -0.151. The first kappa shape index (κ1) is 18.6. The zero-order valence-corrected chi connectivity index (χ0v) is 16.4. The lowest BCUT2D eigenvalue weighted by atomic mass is 9.85. The van der Waals surface area contributed by atoms with Crippen molar-refractivity contribution in [3.8, 4) is 5.75 Å². The molecule has 8 heteroatoms. The van der Waals surface area contributed by atoms with Crippen LogP contribution in [0.1, 0.15) is 39.5 Å². The minimum atomic E-state index is -0.497. The van der Waals surface area contributed by atoms with Crippen LogP contribution in [-0.4, -0.2) is 58.9 Å². The molecule has 150 valence electrons. The van der Waals surface area contributed by atoms with E-state index >= 15 is 0 Å². The number of nitrogens with zero attached hydrogens (tertiary/aromatic N) is 3. The molecule has 1 aromatic rings. The number of para-hydroxylation sites is 2. The molecule has 3 aliphatic rings. The highest BCUT2D eigenvalue weighted by atomic mass is 16.5. The summed E-state index contributed by atoms with van der Waals surface area (Å²) >= 11 is 0. The van der Waals surface area contributed by atoms with Gasteiger partial charge in [-0.3, -0.25) is 15.0 Å². The van der Waals surface area contributed by atoms with Gasteiger partial charge < -0.3 is 19.9 Å². The Labute approximate surface area is 164 Å². The molecule has 2 heterocycles. The average molecular weight is 385 g/mol. The summed E-state index contributed by atoms with van der Waals surface area (Å²) in [4.78, 5) is 29.7. The molecule has 0 bridgehead atoms. The van der Waals surface area contributed by atoms with Gasteiger partial charge in [-0.15, -0.1) is 0 Å². The van der Waals surface area contributed by atoms with E-state index in [2.05, 4.69) is 20.7 Å². The number of anilines is 1. The highest BCUT2D eigenvalue weighted by Crippen LogP contribution is 2.34. The molecule has 1 aliphatic carbocycles. The monoisotopic (exact) mass is 385 g/mol.